The van der Waals surface area contributed by atoms with Gasteiger partial charge in [0.1, 0.15) is 0 Å². The quantitative estimate of drug-likeness (QED) is 0.720. The van der Waals surface area contributed by atoms with Gasteiger partial charge in [-0.3, -0.25) is 0 Å². The molecule has 0 fully saturated rings. The zero-order valence-electron chi connectivity index (χ0n) is 12.5. The maximum absolute atomic E-state index is 6.32. The van der Waals surface area contributed by atoms with E-state index in [0.29, 0.717) is 6.10 Å². The fourth-order valence-corrected chi connectivity index (χ4v) is 3.03. The SMILES string of the molecule is CC[C@@H]1CC=C[C@H](C(c2ccccc2)c2ccccc2)O1. The monoisotopic (exact) mass is 278 g/mol. The van der Waals surface area contributed by atoms with Crippen molar-refractivity contribution in [3.05, 3.63) is 83.9 Å². The lowest BCUT2D eigenvalue weighted by Gasteiger charge is -2.32. The van der Waals surface area contributed by atoms with Crippen molar-refractivity contribution in [3.63, 3.8) is 0 Å². The van der Waals surface area contributed by atoms with Gasteiger partial charge in [0.05, 0.1) is 12.2 Å². The van der Waals surface area contributed by atoms with Gasteiger partial charge < -0.3 is 4.74 Å². The number of hydrogen-bond acceptors (Lipinski definition) is 1. The predicted molar refractivity (Wildman–Crippen MR) is 87.4 cm³/mol. The molecule has 21 heavy (non-hydrogen) atoms. The molecule has 0 amide bonds. The maximum Gasteiger partial charge on any atom is 0.0868 e. The summed E-state index contributed by atoms with van der Waals surface area (Å²) in [4.78, 5) is 0. The summed E-state index contributed by atoms with van der Waals surface area (Å²) >= 11 is 0. The Labute approximate surface area is 127 Å². The van der Waals surface area contributed by atoms with Crippen molar-refractivity contribution in [1.29, 1.82) is 0 Å². The number of benzene rings is 2. The smallest absolute Gasteiger partial charge is 0.0868 e. The molecule has 1 aliphatic heterocycles. The highest BCUT2D eigenvalue weighted by molar-refractivity contribution is 5.35. The third-order valence-electron chi connectivity index (χ3n) is 4.18. The molecule has 1 heterocycles. The van der Waals surface area contributed by atoms with Crippen molar-refractivity contribution in [3.8, 4) is 0 Å². The number of hydrogen-bond donors (Lipinski definition) is 0. The highest BCUT2D eigenvalue weighted by Gasteiger charge is 2.27. The lowest BCUT2D eigenvalue weighted by Crippen LogP contribution is -2.29. The Kier molecular flexibility index (Phi) is 4.52. The van der Waals surface area contributed by atoms with Gasteiger partial charge in [-0.15, -0.1) is 0 Å². The topological polar surface area (TPSA) is 9.23 Å². The first kappa shape index (κ1) is 14.1. The Bertz CT molecular complexity index is 534. The molecule has 2 aromatic carbocycles. The Balaban J connectivity index is 1.97. The lowest BCUT2D eigenvalue weighted by molar-refractivity contribution is -0.00311. The van der Waals surface area contributed by atoms with Crippen LogP contribution in [-0.4, -0.2) is 12.2 Å². The van der Waals surface area contributed by atoms with Gasteiger partial charge in [0.25, 0.3) is 0 Å². The Hall–Kier alpha value is -1.86. The molecule has 0 saturated carbocycles. The molecular formula is C20H22O. The van der Waals surface area contributed by atoms with Crippen LogP contribution >= 0.6 is 0 Å². The Morgan fingerprint density at radius 3 is 2.05 bits per heavy atom. The van der Waals surface area contributed by atoms with E-state index in [1.165, 1.54) is 11.1 Å². The molecule has 3 rings (SSSR count). The first-order chi connectivity index (χ1) is 10.4. The van der Waals surface area contributed by atoms with Gasteiger partial charge in [-0.2, -0.15) is 0 Å². The standard InChI is InChI=1S/C20H22O/c1-2-18-14-9-15-19(21-18)20(16-10-5-3-6-11-16)17-12-7-4-8-13-17/h3-13,15,18-20H,2,14H2,1H3/t18-,19-/m1/s1. The molecule has 2 atom stereocenters. The van der Waals surface area contributed by atoms with Crippen LogP contribution in [0.15, 0.2) is 72.8 Å². The van der Waals surface area contributed by atoms with E-state index in [1.807, 2.05) is 0 Å². The summed E-state index contributed by atoms with van der Waals surface area (Å²) in [7, 11) is 0. The highest BCUT2D eigenvalue weighted by atomic mass is 16.5. The first-order valence-corrected chi connectivity index (χ1v) is 7.80. The van der Waals surface area contributed by atoms with E-state index in [2.05, 4.69) is 79.7 Å². The van der Waals surface area contributed by atoms with Crippen molar-refractivity contribution in [2.45, 2.75) is 37.9 Å². The first-order valence-electron chi connectivity index (χ1n) is 7.80. The largest absolute Gasteiger partial charge is 0.370 e. The molecule has 1 heteroatoms. The average molecular weight is 278 g/mol. The van der Waals surface area contributed by atoms with Crippen LogP contribution in [0.2, 0.25) is 0 Å². The normalized spacial score (nSPS) is 21.6. The van der Waals surface area contributed by atoms with Crippen LogP contribution in [0.1, 0.15) is 36.8 Å². The van der Waals surface area contributed by atoms with Gasteiger partial charge in [-0.25, -0.2) is 0 Å². The minimum Gasteiger partial charge on any atom is -0.370 e. The van der Waals surface area contributed by atoms with Gasteiger partial charge >= 0.3 is 0 Å². The molecule has 0 N–H and O–H groups in total. The number of ether oxygens (including phenoxy) is 1. The molecule has 0 radical (unpaired) electrons. The van der Waals surface area contributed by atoms with Gasteiger partial charge in [0.15, 0.2) is 0 Å². The molecule has 0 aromatic heterocycles. The molecule has 0 unspecified atom stereocenters. The second kappa shape index (κ2) is 6.73. The summed E-state index contributed by atoms with van der Waals surface area (Å²) in [5.41, 5.74) is 2.63. The molecule has 0 bridgehead atoms. The van der Waals surface area contributed by atoms with Crippen LogP contribution in [0.25, 0.3) is 0 Å². The molecule has 1 aliphatic rings. The highest BCUT2D eigenvalue weighted by Crippen LogP contribution is 2.33. The summed E-state index contributed by atoms with van der Waals surface area (Å²) < 4.78 is 6.32. The maximum atomic E-state index is 6.32. The zero-order chi connectivity index (χ0) is 14.5. The Morgan fingerprint density at radius 2 is 1.52 bits per heavy atom. The second-order valence-electron chi connectivity index (χ2n) is 5.59. The van der Waals surface area contributed by atoms with Crippen LogP contribution in [0, 0.1) is 0 Å². The van der Waals surface area contributed by atoms with Crippen molar-refractivity contribution >= 4 is 0 Å². The van der Waals surface area contributed by atoms with E-state index in [9.17, 15) is 0 Å². The fraction of sp³-hybridized carbons (Fsp3) is 0.300. The average Bonchev–Trinajstić information content (AvgIpc) is 2.57. The third kappa shape index (κ3) is 3.25. The molecule has 0 aliphatic carbocycles. The summed E-state index contributed by atoms with van der Waals surface area (Å²) in [5, 5.41) is 0. The van der Waals surface area contributed by atoms with Gasteiger partial charge in [0.2, 0.25) is 0 Å². The van der Waals surface area contributed by atoms with Gasteiger partial charge in [-0.1, -0.05) is 79.7 Å². The minimum absolute atomic E-state index is 0.119. The minimum atomic E-state index is 0.119. The molecule has 108 valence electrons. The van der Waals surface area contributed by atoms with Crippen molar-refractivity contribution < 1.29 is 4.74 Å². The van der Waals surface area contributed by atoms with Crippen LogP contribution in [0.3, 0.4) is 0 Å². The van der Waals surface area contributed by atoms with Crippen molar-refractivity contribution in [2.24, 2.45) is 0 Å². The zero-order valence-corrected chi connectivity index (χ0v) is 12.5. The van der Waals surface area contributed by atoms with E-state index in [4.69, 9.17) is 4.74 Å². The second-order valence-corrected chi connectivity index (χ2v) is 5.59. The molecule has 0 spiro atoms. The van der Waals surface area contributed by atoms with Crippen molar-refractivity contribution in [1.82, 2.24) is 0 Å². The predicted octanol–water partition coefficient (Wildman–Crippen LogP) is 4.94. The summed E-state index contributed by atoms with van der Waals surface area (Å²) in [6.07, 6.45) is 7.07. The Morgan fingerprint density at radius 1 is 0.952 bits per heavy atom. The van der Waals surface area contributed by atoms with E-state index in [-0.39, 0.29) is 12.0 Å². The van der Waals surface area contributed by atoms with Crippen LogP contribution in [-0.2, 0) is 4.74 Å². The van der Waals surface area contributed by atoms with E-state index < -0.39 is 0 Å². The third-order valence-corrected chi connectivity index (χ3v) is 4.18. The van der Waals surface area contributed by atoms with E-state index in [0.717, 1.165) is 12.8 Å². The molecule has 1 nitrogen and oxygen atoms in total. The van der Waals surface area contributed by atoms with Gasteiger partial charge in [-0.05, 0) is 24.0 Å². The summed E-state index contributed by atoms with van der Waals surface area (Å²) in [6, 6.07) is 21.4. The van der Waals surface area contributed by atoms with Gasteiger partial charge in [0, 0.05) is 5.92 Å². The molecule has 2 aromatic rings. The van der Waals surface area contributed by atoms with E-state index in [1.54, 1.807) is 0 Å². The van der Waals surface area contributed by atoms with Crippen LogP contribution in [0.5, 0.6) is 0 Å². The summed E-state index contributed by atoms with van der Waals surface area (Å²) in [5.74, 6) is 0.262. The fourth-order valence-electron chi connectivity index (χ4n) is 3.03. The lowest BCUT2D eigenvalue weighted by atomic mass is 9.85. The van der Waals surface area contributed by atoms with Crippen LogP contribution in [0.4, 0.5) is 0 Å². The van der Waals surface area contributed by atoms with Crippen molar-refractivity contribution in [2.75, 3.05) is 0 Å². The van der Waals surface area contributed by atoms with E-state index >= 15 is 0 Å². The number of rotatable bonds is 4. The molecular weight excluding hydrogens is 256 g/mol. The summed E-state index contributed by atoms with van der Waals surface area (Å²) in [6.45, 7) is 2.20. The van der Waals surface area contributed by atoms with Crippen LogP contribution < -0.4 is 0 Å². The molecule has 0 saturated heterocycles.